The van der Waals surface area contributed by atoms with E-state index in [1.807, 2.05) is 61.5 Å². The minimum atomic E-state index is -1.06. The van der Waals surface area contributed by atoms with Gasteiger partial charge in [-0.2, -0.15) is 0 Å². The fraction of sp³-hybridized carbons (Fsp3) is 0.261. The van der Waals surface area contributed by atoms with E-state index >= 15 is 0 Å². The van der Waals surface area contributed by atoms with Crippen LogP contribution >= 0.6 is 11.6 Å². The molecule has 2 aromatic carbocycles. The predicted molar refractivity (Wildman–Crippen MR) is 120 cm³/mol. The van der Waals surface area contributed by atoms with E-state index in [4.69, 9.17) is 16.3 Å². The first-order chi connectivity index (χ1) is 14.6. The van der Waals surface area contributed by atoms with Crippen molar-refractivity contribution in [2.45, 2.75) is 18.5 Å². The number of aromatic nitrogens is 1. The molecule has 0 aliphatic carbocycles. The van der Waals surface area contributed by atoms with Gasteiger partial charge in [0.05, 0.1) is 25.0 Å². The summed E-state index contributed by atoms with van der Waals surface area (Å²) in [5.74, 6) is -0.357. The summed E-state index contributed by atoms with van der Waals surface area (Å²) >= 11 is 6.07. The highest BCUT2D eigenvalue weighted by Crippen LogP contribution is 2.37. The van der Waals surface area contributed by atoms with Crippen molar-refractivity contribution in [3.8, 4) is 0 Å². The number of fused-ring (bicyclic) bond motifs is 1. The van der Waals surface area contributed by atoms with Gasteiger partial charge < -0.3 is 15.0 Å². The zero-order chi connectivity index (χ0) is 21.1. The summed E-state index contributed by atoms with van der Waals surface area (Å²) in [6, 6.07) is 17.0. The molecule has 0 saturated heterocycles. The first-order valence-corrected chi connectivity index (χ1v) is 10.2. The van der Waals surface area contributed by atoms with Crippen LogP contribution in [0.3, 0.4) is 0 Å². The van der Waals surface area contributed by atoms with Crippen LogP contribution in [-0.2, 0) is 15.1 Å². The van der Waals surface area contributed by atoms with Crippen LogP contribution in [0, 0.1) is 0 Å². The molecule has 1 aliphatic heterocycles. The number of carbonyl (C=O) groups excluding carboxylic acids is 1. The van der Waals surface area contributed by atoms with Gasteiger partial charge in [-0.25, -0.2) is 4.79 Å². The van der Waals surface area contributed by atoms with Crippen LogP contribution in [0.15, 0.2) is 65.8 Å². The second kappa shape index (κ2) is 8.32. The Kier molecular flexibility index (Phi) is 5.59. The molecule has 0 amide bonds. The fourth-order valence-corrected chi connectivity index (χ4v) is 4.13. The average molecular weight is 423 g/mol. The summed E-state index contributed by atoms with van der Waals surface area (Å²) in [5.41, 5.74) is 1.60. The second-order valence-corrected chi connectivity index (χ2v) is 7.67. The van der Waals surface area contributed by atoms with Crippen molar-refractivity contribution in [1.82, 2.24) is 9.88 Å². The molecule has 7 heteroatoms. The molecule has 0 spiro atoms. The van der Waals surface area contributed by atoms with Crippen molar-refractivity contribution in [3.63, 3.8) is 0 Å². The third-order valence-electron chi connectivity index (χ3n) is 5.61. The SMILES string of the molecule is COC(=O)C1(c2ccccc2)N=CN(CCNc2ccnc3cc(Cl)ccc23)C1C. The molecule has 1 N–H and O–H groups in total. The highest BCUT2D eigenvalue weighted by molar-refractivity contribution is 6.31. The van der Waals surface area contributed by atoms with E-state index in [0.29, 0.717) is 18.1 Å². The number of carbonyl (C=O) groups is 1. The summed E-state index contributed by atoms with van der Waals surface area (Å²) in [6.07, 6.45) is 3.51. The van der Waals surface area contributed by atoms with Crippen LogP contribution in [-0.4, -0.2) is 48.4 Å². The van der Waals surface area contributed by atoms with Gasteiger partial charge in [0.2, 0.25) is 5.54 Å². The number of methoxy groups -OCH3 is 1. The minimum absolute atomic E-state index is 0.179. The number of hydrogen-bond donors (Lipinski definition) is 1. The van der Waals surface area contributed by atoms with E-state index in [0.717, 1.165) is 22.2 Å². The van der Waals surface area contributed by atoms with Crippen LogP contribution in [0.4, 0.5) is 5.69 Å². The molecule has 0 radical (unpaired) electrons. The number of benzene rings is 2. The largest absolute Gasteiger partial charge is 0.467 e. The Bertz CT molecular complexity index is 1090. The molecule has 2 unspecified atom stereocenters. The Labute approximate surface area is 180 Å². The summed E-state index contributed by atoms with van der Waals surface area (Å²) in [7, 11) is 1.40. The smallest absolute Gasteiger partial charge is 0.340 e. The lowest BCUT2D eigenvalue weighted by Crippen LogP contribution is -2.48. The Morgan fingerprint density at radius 1 is 1.23 bits per heavy atom. The Hall–Kier alpha value is -3.12. The van der Waals surface area contributed by atoms with Gasteiger partial charge in [-0.05, 0) is 36.8 Å². The Morgan fingerprint density at radius 2 is 2.03 bits per heavy atom. The highest BCUT2D eigenvalue weighted by atomic mass is 35.5. The van der Waals surface area contributed by atoms with Crippen molar-refractivity contribution < 1.29 is 9.53 Å². The van der Waals surface area contributed by atoms with Crippen molar-refractivity contribution in [1.29, 1.82) is 0 Å². The monoisotopic (exact) mass is 422 g/mol. The van der Waals surface area contributed by atoms with E-state index in [2.05, 4.69) is 20.2 Å². The molecule has 6 nitrogen and oxygen atoms in total. The molecule has 0 bridgehead atoms. The van der Waals surface area contributed by atoms with Crippen molar-refractivity contribution in [2.24, 2.45) is 4.99 Å². The quantitative estimate of drug-likeness (QED) is 0.606. The van der Waals surface area contributed by atoms with E-state index in [9.17, 15) is 4.79 Å². The fourth-order valence-electron chi connectivity index (χ4n) is 3.96. The number of anilines is 1. The van der Waals surface area contributed by atoms with Crippen molar-refractivity contribution >= 4 is 40.5 Å². The van der Waals surface area contributed by atoms with E-state index in [1.165, 1.54) is 7.11 Å². The summed E-state index contributed by atoms with van der Waals surface area (Å²) in [6.45, 7) is 3.35. The second-order valence-electron chi connectivity index (χ2n) is 7.23. The van der Waals surface area contributed by atoms with Gasteiger partial charge in [0.25, 0.3) is 0 Å². The molecular weight excluding hydrogens is 400 g/mol. The first-order valence-electron chi connectivity index (χ1n) is 9.79. The number of rotatable bonds is 6. The van der Waals surface area contributed by atoms with E-state index < -0.39 is 5.54 Å². The lowest BCUT2D eigenvalue weighted by molar-refractivity contribution is -0.148. The number of hydrogen-bond acceptors (Lipinski definition) is 6. The minimum Gasteiger partial charge on any atom is -0.467 e. The van der Waals surface area contributed by atoms with Gasteiger partial charge in [-0.15, -0.1) is 0 Å². The van der Waals surface area contributed by atoms with Gasteiger partial charge in [-0.1, -0.05) is 41.9 Å². The lowest BCUT2D eigenvalue weighted by Gasteiger charge is -2.33. The average Bonchev–Trinajstić information content (AvgIpc) is 3.11. The molecule has 1 aliphatic rings. The van der Waals surface area contributed by atoms with Crippen LogP contribution in [0.5, 0.6) is 0 Å². The topological polar surface area (TPSA) is 66.8 Å². The van der Waals surface area contributed by atoms with Gasteiger partial charge in [0, 0.05) is 35.4 Å². The van der Waals surface area contributed by atoms with Crippen molar-refractivity contribution in [3.05, 3.63) is 71.4 Å². The predicted octanol–water partition coefficient (Wildman–Crippen LogP) is 4.10. The number of ether oxygens (including phenoxy) is 1. The number of pyridine rings is 1. The van der Waals surface area contributed by atoms with E-state index in [-0.39, 0.29) is 12.0 Å². The highest BCUT2D eigenvalue weighted by Gasteiger charge is 2.51. The number of aliphatic imine (C=N–C) groups is 1. The summed E-state index contributed by atoms with van der Waals surface area (Å²) in [4.78, 5) is 23.8. The Balaban J connectivity index is 1.49. The molecular formula is C23H23ClN4O2. The third kappa shape index (κ3) is 3.48. The van der Waals surface area contributed by atoms with Crippen molar-refractivity contribution in [2.75, 3.05) is 25.5 Å². The standard InChI is InChI=1S/C23H23ClN4O2/c1-16-23(22(29)30-2,17-6-4-3-5-7-17)27-15-28(16)13-12-26-20-10-11-25-21-14-18(24)8-9-19(20)21/h3-11,14-16H,12-13H2,1-2H3,(H,25,26). The Morgan fingerprint density at radius 3 is 2.80 bits per heavy atom. The molecule has 154 valence electrons. The molecule has 0 saturated carbocycles. The molecule has 3 aromatic rings. The molecule has 4 rings (SSSR count). The maximum Gasteiger partial charge on any atom is 0.340 e. The first kappa shape index (κ1) is 20.2. The molecule has 1 aromatic heterocycles. The van der Waals surface area contributed by atoms with Crippen LogP contribution in [0.2, 0.25) is 5.02 Å². The molecule has 0 fully saturated rings. The number of esters is 1. The van der Waals surface area contributed by atoms with Gasteiger partial charge in [0.1, 0.15) is 0 Å². The number of nitrogens with one attached hydrogen (secondary N) is 1. The maximum absolute atomic E-state index is 12.8. The zero-order valence-electron chi connectivity index (χ0n) is 16.9. The number of nitrogens with zero attached hydrogens (tertiary/aromatic N) is 3. The number of halogens is 1. The third-order valence-corrected chi connectivity index (χ3v) is 5.85. The summed E-state index contributed by atoms with van der Waals surface area (Å²) < 4.78 is 5.13. The van der Waals surface area contributed by atoms with Gasteiger partial charge >= 0.3 is 5.97 Å². The molecule has 30 heavy (non-hydrogen) atoms. The van der Waals surface area contributed by atoms with Crippen LogP contribution in [0.25, 0.3) is 10.9 Å². The van der Waals surface area contributed by atoms with Crippen LogP contribution < -0.4 is 5.32 Å². The van der Waals surface area contributed by atoms with Crippen LogP contribution in [0.1, 0.15) is 12.5 Å². The molecule has 2 heterocycles. The lowest BCUT2D eigenvalue weighted by atomic mass is 9.84. The maximum atomic E-state index is 12.8. The normalized spacial score (nSPS) is 20.5. The van der Waals surface area contributed by atoms with Gasteiger partial charge in [0.15, 0.2) is 0 Å². The van der Waals surface area contributed by atoms with Gasteiger partial charge in [-0.3, -0.25) is 9.98 Å². The summed E-state index contributed by atoms with van der Waals surface area (Å²) in [5, 5.41) is 5.14. The molecule has 2 atom stereocenters. The zero-order valence-corrected chi connectivity index (χ0v) is 17.6. The van der Waals surface area contributed by atoms with E-state index in [1.54, 1.807) is 12.5 Å².